The number of hydrogen-bond donors (Lipinski definition) is 1. The molecule has 0 spiro atoms. The van der Waals surface area contributed by atoms with Crippen molar-refractivity contribution in [3.05, 3.63) is 29.8 Å². The first-order chi connectivity index (χ1) is 12.8. The van der Waals surface area contributed by atoms with Gasteiger partial charge in [0, 0.05) is 44.3 Å². The van der Waals surface area contributed by atoms with E-state index in [9.17, 15) is 13.2 Å². The lowest BCUT2D eigenvalue weighted by molar-refractivity contribution is 0.0938. The molecule has 27 heavy (non-hydrogen) atoms. The molecule has 7 nitrogen and oxygen atoms in total. The summed E-state index contributed by atoms with van der Waals surface area (Å²) in [5.41, 5.74) is 0.471. The second kappa shape index (κ2) is 9.64. The zero-order valence-electron chi connectivity index (χ0n) is 16.8. The second-order valence-electron chi connectivity index (χ2n) is 7.01. The van der Waals surface area contributed by atoms with Crippen LogP contribution in [0.3, 0.4) is 0 Å². The zero-order valence-corrected chi connectivity index (χ0v) is 17.6. The highest BCUT2D eigenvalue weighted by molar-refractivity contribution is 7.89. The van der Waals surface area contributed by atoms with E-state index in [1.54, 1.807) is 12.1 Å². The van der Waals surface area contributed by atoms with Crippen molar-refractivity contribution in [2.24, 2.45) is 0 Å². The summed E-state index contributed by atoms with van der Waals surface area (Å²) in [4.78, 5) is 17.0. The van der Waals surface area contributed by atoms with E-state index in [0.717, 1.165) is 26.2 Å². The number of amides is 1. The Kier molecular flexibility index (Phi) is 7.79. The van der Waals surface area contributed by atoms with Crippen LogP contribution in [0.5, 0.6) is 0 Å². The minimum Gasteiger partial charge on any atom is -0.350 e. The lowest BCUT2D eigenvalue weighted by Gasteiger charge is -2.31. The second-order valence-corrected chi connectivity index (χ2v) is 8.95. The third-order valence-corrected chi connectivity index (χ3v) is 7.12. The number of rotatable bonds is 8. The van der Waals surface area contributed by atoms with Gasteiger partial charge in [-0.15, -0.1) is 0 Å². The normalized spacial score (nSPS) is 17.8. The number of carbonyl (C=O) groups is 1. The molecule has 0 aliphatic carbocycles. The number of benzene rings is 1. The van der Waals surface area contributed by atoms with Gasteiger partial charge in [0.1, 0.15) is 0 Å². The van der Waals surface area contributed by atoms with Gasteiger partial charge in [-0.3, -0.25) is 9.69 Å². The molecule has 1 aromatic carbocycles. The van der Waals surface area contributed by atoms with Crippen molar-refractivity contribution in [2.45, 2.75) is 31.7 Å². The largest absolute Gasteiger partial charge is 0.350 e. The van der Waals surface area contributed by atoms with E-state index in [1.807, 2.05) is 7.05 Å². The summed E-state index contributed by atoms with van der Waals surface area (Å²) in [5.74, 6) is -0.183. The van der Waals surface area contributed by atoms with Gasteiger partial charge in [-0.2, -0.15) is 4.31 Å². The first-order valence-corrected chi connectivity index (χ1v) is 11.0. The van der Waals surface area contributed by atoms with Crippen molar-refractivity contribution in [2.75, 3.05) is 52.9 Å². The Balaban J connectivity index is 1.98. The molecular formula is C19H32N4O3S. The number of nitrogens with zero attached hydrogens (tertiary/aromatic N) is 3. The molecule has 1 aliphatic rings. The molecule has 2 rings (SSSR count). The van der Waals surface area contributed by atoms with Crippen molar-refractivity contribution in [3.63, 3.8) is 0 Å². The van der Waals surface area contributed by atoms with Crippen molar-refractivity contribution in [1.29, 1.82) is 0 Å². The van der Waals surface area contributed by atoms with Crippen LogP contribution in [0.2, 0.25) is 0 Å². The fourth-order valence-corrected chi connectivity index (χ4v) is 4.70. The van der Waals surface area contributed by atoms with E-state index in [0.29, 0.717) is 25.2 Å². The summed E-state index contributed by atoms with van der Waals surface area (Å²) in [6.07, 6.45) is 0. The molecular weight excluding hydrogens is 364 g/mol. The number of likely N-dealkylation sites (N-methyl/N-ethyl adjacent to an activating group) is 2. The maximum atomic E-state index is 12.7. The van der Waals surface area contributed by atoms with E-state index in [-0.39, 0.29) is 16.8 Å². The van der Waals surface area contributed by atoms with Gasteiger partial charge in [0.15, 0.2) is 0 Å². The summed E-state index contributed by atoms with van der Waals surface area (Å²) < 4.78 is 27.0. The Morgan fingerprint density at radius 3 is 2.19 bits per heavy atom. The van der Waals surface area contributed by atoms with E-state index in [4.69, 9.17) is 0 Å². The van der Waals surface area contributed by atoms with Gasteiger partial charge < -0.3 is 10.2 Å². The fourth-order valence-electron chi connectivity index (χ4n) is 3.27. The van der Waals surface area contributed by atoms with Crippen LogP contribution in [0.1, 0.15) is 31.1 Å². The molecule has 1 aliphatic heterocycles. The van der Waals surface area contributed by atoms with Gasteiger partial charge in [-0.1, -0.05) is 13.8 Å². The molecule has 1 amide bonds. The molecule has 0 aromatic heterocycles. The molecule has 1 atom stereocenters. The molecule has 1 unspecified atom stereocenters. The lowest BCUT2D eigenvalue weighted by atomic mass is 10.2. The monoisotopic (exact) mass is 396 g/mol. The van der Waals surface area contributed by atoms with Gasteiger partial charge in [0.25, 0.3) is 5.91 Å². The average Bonchev–Trinajstić information content (AvgIpc) is 2.67. The van der Waals surface area contributed by atoms with E-state index in [2.05, 4.69) is 35.9 Å². The van der Waals surface area contributed by atoms with Crippen molar-refractivity contribution >= 4 is 15.9 Å². The molecule has 1 fully saturated rings. The maximum Gasteiger partial charge on any atom is 0.251 e. The Labute approximate surface area is 163 Å². The molecule has 1 saturated heterocycles. The quantitative estimate of drug-likeness (QED) is 0.712. The van der Waals surface area contributed by atoms with Crippen LogP contribution in [0.15, 0.2) is 29.2 Å². The van der Waals surface area contributed by atoms with Gasteiger partial charge in [0.2, 0.25) is 10.0 Å². The van der Waals surface area contributed by atoms with Crippen molar-refractivity contribution in [3.8, 4) is 0 Å². The predicted molar refractivity (Wildman–Crippen MR) is 107 cm³/mol. The highest BCUT2D eigenvalue weighted by Crippen LogP contribution is 2.18. The number of sulfonamides is 1. The average molecular weight is 397 g/mol. The first-order valence-electron chi connectivity index (χ1n) is 9.60. The van der Waals surface area contributed by atoms with E-state index >= 15 is 0 Å². The Hall–Kier alpha value is -1.48. The number of hydrogen-bond acceptors (Lipinski definition) is 5. The Bertz CT molecular complexity index is 709. The first kappa shape index (κ1) is 21.8. The Morgan fingerprint density at radius 1 is 1.11 bits per heavy atom. The molecule has 1 heterocycles. The van der Waals surface area contributed by atoms with E-state index < -0.39 is 10.0 Å². The summed E-state index contributed by atoms with van der Waals surface area (Å²) >= 11 is 0. The highest BCUT2D eigenvalue weighted by atomic mass is 32.2. The number of piperazine rings is 1. The minimum absolute atomic E-state index is 0.183. The summed E-state index contributed by atoms with van der Waals surface area (Å²) in [6.45, 7) is 11.1. The van der Waals surface area contributed by atoms with Crippen LogP contribution in [0, 0.1) is 0 Å². The Morgan fingerprint density at radius 2 is 1.67 bits per heavy atom. The summed E-state index contributed by atoms with van der Waals surface area (Å²) in [7, 11) is -1.52. The molecule has 1 aromatic rings. The minimum atomic E-state index is -3.50. The number of carbonyl (C=O) groups excluding carboxylic acids is 1. The molecule has 0 radical (unpaired) electrons. The highest BCUT2D eigenvalue weighted by Gasteiger charge is 2.27. The van der Waals surface area contributed by atoms with E-state index in [1.165, 1.54) is 16.4 Å². The molecule has 8 heteroatoms. The third kappa shape index (κ3) is 5.51. The van der Waals surface area contributed by atoms with Gasteiger partial charge in [0.05, 0.1) is 4.90 Å². The van der Waals surface area contributed by atoms with Gasteiger partial charge in [-0.05, 0) is 51.3 Å². The third-order valence-electron chi connectivity index (χ3n) is 5.21. The molecule has 152 valence electrons. The maximum absolute atomic E-state index is 12.7. The SMILES string of the molecule is CCN(CC)C(C)CNC(=O)c1ccc(S(=O)(=O)N2CCN(C)CC2)cc1. The smallest absolute Gasteiger partial charge is 0.251 e. The van der Waals surface area contributed by atoms with Gasteiger partial charge >= 0.3 is 0 Å². The molecule has 0 saturated carbocycles. The number of nitrogens with one attached hydrogen (secondary N) is 1. The van der Waals surface area contributed by atoms with Crippen LogP contribution in [0.25, 0.3) is 0 Å². The van der Waals surface area contributed by atoms with Crippen LogP contribution in [-0.2, 0) is 10.0 Å². The fraction of sp³-hybridized carbons (Fsp3) is 0.632. The standard InChI is InChI=1S/C19H32N4O3S/c1-5-22(6-2)16(3)15-20-19(24)17-7-9-18(10-8-17)27(25,26)23-13-11-21(4)12-14-23/h7-10,16H,5-6,11-15H2,1-4H3,(H,20,24). The van der Waals surface area contributed by atoms with Crippen molar-refractivity contribution in [1.82, 2.24) is 19.4 Å². The summed E-state index contributed by atoms with van der Waals surface area (Å²) in [5, 5.41) is 2.93. The van der Waals surface area contributed by atoms with Crippen LogP contribution in [0.4, 0.5) is 0 Å². The zero-order chi connectivity index (χ0) is 20.0. The topological polar surface area (TPSA) is 73.0 Å². The van der Waals surface area contributed by atoms with Gasteiger partial charge in [-0.25, -0.2) is 8.42 Å². The van der Waals surface area contributed by atoms with Crippen LogP contribution in [-0.4, -0.2) is 87.3 Å². The lowest BCUT2D eigenvalue weighted by Crippen LogP contribution is -2.47. The molecule has 0 bridgehead atoms. The van der Waals surface area contributed by atoms with Crippen molar-refractivity contribution < 1.29 is 13.2 Å². The predicted octanol–water partition coefficient (Wildman–Crippen LogP) is 1.08. The van der Waals surface area contributed by atoms with Crippen LogP contribution >= 0.6 is 0 Å². The molecule has 1 N–H and O–H groups in total. The van der Waals surface area contributed by atoms with Crippen LogP contribution < -0.4 is 5.32 Å². The summed E-state index contributed by atoms with van der Waals surface area (Å²) in [6, 6.07) is 6.47.